The fourth-order valence-corrected chi connectivity index (χ4v) is 3.08. The molecule has 0 fully saturated rings. The Morgan fingerprint density at radius 2 is 1.95 bits per heavy atom. The van der Waals surface area contributed by atoms with Gasteiger partial charge in [0.05, 0.1) is 18.7 Å². The van der Waals surface area contributed by atoms with Gasteiger partial charge in [-0.3, -0.25) is 4.79 Å². The van der Waals surface area contributed by atoms with Crippen LogP contribution in [0, 0.1) is 3.57 Å². The summed E-state index contributed by atoms with van der Waals surface area (Å²) in [6.45, 7) is 4.71. The van der Waals surface area contributed by atoms with E-state index in [0.717, 1.165) is 20.4 Å². The fraction of sp³-hybridized carbons (Fsp3) is 0.278. The number of rotatable bonds is 5. The van der Waals surface area contributed by atoms with Crippen LogP contribution in [0.15, 0.2) is 48.5 Å². The van der Waals surface area contributed by atoms with E-state index < -0.39 is 0 Å². The summed E-state index contributed by atoms with van der Waals surface area (Å²) in [5.74, 6) is 0.866. The minimum Gasteiger partial charge on any atom is -0.497 e. The molecular formula is C18H20INO2. The maximum atomic E-state index is 12.9. The van der Waals surface area contributed by atoms with Crippen LogP contribution in [0.25, 0.3) is 0 Å². The zero-order valence-corrected chi connectivity index (χ0v) is 15.2. The van der Waals surface area contributed by atoms with Crippen molar-refractivity contribution in [2.24, 2.45) is 0 Å². The lowest BCUT2D eigenvalue weighted by molar-refractivity contribution is 0.0701. The Labute approximate surface area is 145 Å². The van der Waals surface area contributed by atoms with Gasteiger partial charge in [-0.25, -0.2) is 0 Å². The number of halogens is 1. The second kappa shape index (κ2) is 7.63. The van der Waals surface area contributed by atoms with Crippen molar-refractivity contribution in [3.63, 3.8) is 0 Å². The topological polar surface area (TPSA) is 29.5 Å². The molecule has 1 unspecified atom stereocenters. The molecule has 0 aliphatic rings. The second-order valence-electron chi connectivity index (χ2n) is 5.02. The number of amides is 1. The number of ether oxygens (including phenoxy) is 1. The summed E-state index contributed by atoms with van der Waals surface area (Å²) >= 11 is 2.21. The molecule has 2 aromatic rings. The monoisotopic (exact) mass is 409 g/mol. The number of benzene rings is 2. The molecule has 0 bridgehead atoms. The molecule has 0 saturated carbocycles. The molecule has 116 valence electrons. The Morgan fingerprint density at radius 3 is 2.59 bits per heavy atom. The average molecular weight is 409 g/mol. The van der Waals surface area contributed by atoms with Crippen LogP contribution in [0.5, 0.6) is 5.75 Å². The molecule has 3 nitrogen and oxygen atoms in total. The van der Waals surface area contributed by atoms with E-state index in [2.05, 4.69) is 22.6 Å². The van der Waals surface area contributed by atoms with Gasteiger partial charge >= 0.3 is 0 Å². The van der Waals surface area contributed by atoms with E-state index in [4.69, 9.17) is 4.74 Å². The highest BCUT2D eigenvalue weighted by molar-refractivity contribution is 14.1. The highest BCUT2D eigenvalue weighted by Gasteiger charge is 2.22. The van der Waals surface area contributed by atoms with Gasteiger partial charge in [0, 0.05) is 10.1 Å². The average Bonchev–Trinajstić information content (AvgIpc) is 2.55. The molecule has 22 heavy (non-hydrogen) atoms. The normalized spacial score (nSPS) is 11.8. The Balaban J connectivity index is 2.30. The van der Waals surface area contributed by atoms with Gasteiger partial charge in [0.1, 0.15) is 5.75 Å². The lowest BCUT2D eigenvalue weighted by atomic mass is 10.1. The van der Waals surface area contributed by atoms with Crippen LogP contribution >= 0.6 is 22.6 Å². The minimum absolute atomic E-state index is 0.0105. The van der Waals surface area contributed by atoms with E-state index in [0.29, 0.717) is 6.54 Å². The number of carbonyl (C=O) groups is 1. The summed E-state index contributed by atoms with van der Waals surface area (Å²) in [5, 5.41) is 0. The second-order valence-corrected chi connectivity index (χ2v) is 6.19. The van der Waals surface area contributed by atoms with Crippen molar-refractivity contribution in [3.05, 3.63) is 63.2 Å². The van der Waals surface area contributed by atoms with Gasteiger partial charge in [0.25, 0.3) is 5.91 Å². The Kier molecular flexibility index (Phi) is 5.83. The summed E-state index contributed by atoms with van der Waals surface area (Å²) in [4.78, 5) is 14.7. The van der Waals surface area contributed by atoms with Crippen molar-refractivity contribution in [2.75, 3.05) is 13.7 Å². The lowest BCUT2D eigenvalue weighted by Crippen LogP contribution is -2.33. The quantitative estimate of drug-likeness (QED) is 0.680. The summed E-state index contributed by atoms with van der Waals surface area (Å²) in [6, 6.07) is 15.5. The van der Waals surface area contributed by atoms with E-state index in [1.54, 1.807) is 7.11 Å². The molecule has 0 heterocycles. The van der Waals surface area contributed by atoms with Crippen molar-refractivity contribution in [1.29, 1.82) is 0 Å². The summed E-state index contributed by atoms with van der Waals surface area (Å²) in [6.07, 6.45) is 0. The highest BCUT2D eigenvalue weighted by atomic mass is 127. The maximum Gasteiger partial charge on any atom is 0.255 e. The first-order chi connectivity index (χ1) is 10.6. The van der Waals surface area contributed by atoms with Crippen LogP contribution in [0.1, 0.15) is 35.8 Å². The van der Waals surface area contributed by atoms with E-state index in [9.17, 15) is 4.79 Å². The largest absolute Gasteiger partial charge is 0.497 e. The highest BCUT2D eigenvalue weighted by Crippen LogP contribution is 2.26. The molecule has 4 heteroatoms. The summed E-state index contributed by atoms with van der Waals surface area (Å²) < 4.78 is 6.25. The SMILES string of the molecule is CCN(C(=O)c1ccccc1I)C(C)c1cccc(OC)c1. The lowest BCUT2D eigenvalue weighted by Gasteiger charge is -2.29. The van der Waals surface area contributed by atoms with E-state index in [1.807, 2.05) is 67.3 Å². The van der Waals surface area contributed by atoms with Crippen molar-refractivity contribution in [2.45, 2.75) is 19.9 Å². The van der Waals surface area contributed by atoms with E-state index in [1.165, 1.54) is 0 Å². The number of carbonyl (C=O) groups excluding carboxylic acids is 1. The first kappa shape index (κ1) is 16.8. The Morgan fingerprint density at radius 1 is 1.23 bits per heavy atom. The van der Waals surface area contributed by atoms with Gasteiger partial charge < -0.3 is 9.64 Å². The summed E-state index contributed by atoms with van der Waals surface area (Å²) in [5.41, 5.74) is 1.82. The van der Waals surface area contributed by atoms with E-state index in [-0.39, 0.29) is 11.9 Å². The van der Waals surface area contributed by atoms with Gasteiger partial charge in [-0.2, -0.15) is 0 Å². The van der Waals surface area contributed by atoms with Crippen LogP contribution in [0.3, 0.4) is 0 Å². The first-order valence-electron chi connectivity index (χ1n) is 7.28. The van der Waals surface area contributed by atoms with Crippen LogP contribution in [0.4, 0.5) is 0 Å². The molecule has 0 N–H and O–H groups in total. The van der Waals surface area contributed by atoms with Crippen LogP contribution in [-0.4, -0.2) is 24.5 Å². The Hall–Kier alpha value is -1.56. The minimum atomic E-state index is -0.0105. The van der Waals surface area contributed by atoms with Gasteiger partial charge in [-0.05, 0) is 66.3 Å². The predicted octanol–water partition coefficient (Wildman–Crippen LogP) is 4.52. The number of methoxy groups -OCH3 is 1. The van der Waals surface area contributed by atoms with Crippen molar-refractivity contribution in [3.8, 4) is 5.75 Å². The van der Waals surface area contributed by atoms with Gasteiger partial charge in [0.15, 0.2) is 0 Å². The molecule has 1 amide bonds. The third-order valence-corrected chi connectivity index (χ3v) is 4.69. The molecular weight excluding hydrogens is 389 g/mol. The van der Waals surface area contributed by atoms with Gasteiger partial charge in [-0.1, -0.05) is 24.3 Å². The maximum absolute atomic E-state index is 12.9. The molecule has 0 saturated heterocycles. The number of hydrogen-bond acceptors (Lipinski definition) is 2. The standard InChI is InChI=1S/C18H20INO2/c1-4-20(18(21)16-10-5-6-11-17(16)19)13(2)14-8-7-9-15(12-14)22-3/h5-13H,4H2,1-3H3. The molecule has 0 spiro atoms. The zero-order valence-electron chi connectivity index (χ0n) is 13.0. The molecule has 0 aromatic heterocycles. The van der Waals surface area contributed by atoms with Crippen molar-refractivity contribution < 1.29 is 9.53 Å². The van der Waals surface area contributed by atoms with Crippen LogP contribution in [0.2, 0.25) is 0 Å². The first-order valence-corrected chi connectivity index (χ1v) is 8.35. The van der Waals surface area contributed by atoms with Crippen LogP contribution in [-0.2, 0) is 0 Å². The molecule has 0 aliphatic heterocycles. The van der Waals surface area contributed by atoms with Crippen LogP contribution < -0.4 is 4.74 Å². The third kappa shape index (κ3) is 3.61. The molecule has 0 aliphatic carbocycles. The third-order valence-electron chi connectivity index (χ3n) is 3.75. The molecule has 2 rings (SSSR count). The molecule has 2 aromatic carbocycles. The summed E-state index contributed by atoms with van der Waals surface area (Å²) in [7, 11) is 1.65. The van der Waals surface area contributed by atoms with Crippen molar-refractivity contribution in [1.82, 2.24) is 4.90 Å². The fourth-order valence-electron chi connectivity index (χ4n) is 2.46. The smallest absolute Gasteiger partial charge is 0.255 e. The molecule has 1 atom stereocenters. The number of hydrogen-bond donors (Lipinski definition) is 0. The molecule has 0 radical (unpaired) electrons. The predicted molar refractivity (Wildman–Crippen MR) is 97.3 cm³/mol. The van der Waals surface area contributed by atoms with Crippen molar-refractivity contribution >= 4 is 28.5 Å². The Bertz CT molecular complexity index is 657. The number of nitrogens with zero attached hydrogens (tertiary/aromatic N) is 1. The van der Waals surface area contributed by atoms with Gasteiger partial charge in [0.2, 0.25) is 0 Å². The van der Waals surface area contributed by atoms with E-state index >= 15 is 0 Å². The van der Waals surface area contributed by atoms with Gasteiger partial charge in [-0.15, -0.1) is 0 Å². The zero-order chi connectivity index (χ0) is 16.1.